The highest BCUT2D eigenvalue weighted by Gasteiger charge is 2.02. The van der Waals surface area contributed by atoms with Crippen LogP contribution in [0.2, 0.25) is 0 Å². The Kier molecular flexibility index (Phi) is 3.36. The summed E-state index contributed by atoms with van der Waals surface area (Å²) in [5.41, 5.74) is 0. The van der Waals surface area contributed by atoms with Crippen LogP contribution in [0.5, 0.6) is 11.5 Å². The van der Waals surface area contributed by atoms with Crippen LogP contribution >= 0.6 is 0 Å². The summed E-state index contributed by atoms with van der Waals surface area (Å²) in [4.78, 5) is 8.25. The molecule has 0 saturated carbocycles. The van der Waals surface area contributed by atoms with Crippen molar-refractivity contribution >= 4 is 11.6 Å². The third kappa shape index (κ3) is 2.49. The summed E-state index contributed by atoms with van der Waals surface area (Å²) >= 11 is 0. The highest BCUT2D eigenvalue weighted by atomic mass is 16.5. The predicted molar refractivity (Wildman–Crippen MR) is 75.1 cm³/mol. The van der Waals surface area contributed by atoms with Gasteiger partial charge in [-0.05, 0) is 18.2 Å². The van der Waals surface area contributed by atoms with E-state index in [0.29, 0.717) is 24.7 Å². The van der Waals surface area contributed by atoms with Crippen LogP contribution < -0.4 is 10.1 Å². The number of aromatic nitrogens is 3. The van der Waals surface area contributed by atoms with Crippen LogP contribution in [-0.4, -0.2) is 32.6 Å². The number of nitrogens with one attached hydrogen (secondary N) is 1. The molecule has 6 nitrogen and oxygen atoms in total. The number of anilines is 1. The van der Waals surface area contributed by atoms with E-state index in [1.54, 1.807) is 30.6 Å². The number of hydrogen-bond acceptors (Lipinski definition) is 5. The van der Waals surface area contributed by atoms with Crippen LogP contribution in [0, 0.1) is 0 Å². The number of para-hydroxylation sites is 2. The molecule has 20 heavy (non-hydrogen) atoms. The lowest BCUT2D eigenvalue weighted by atomic mass is 10.3. The molecule has 6 heteroatoms. The number of aromatic hydroxyl groups is 1. The quantitative estimate of drug-likeness (QED) is 0.693. The van der Waals surface area contributed by atoms with Crippen LogP contribution in [0.4, 0.5) is 5.82 Å². The first kappa shape index (κ1) is 12.3. The molecule has 3 aromatic rings. The second kappa shape index (κ2) is 5.48. The monoisotopic (exact) mass is 270 g/mol. The zero-order chi connectivity index (χ0) is 13.8. The van der Waals surface area contributed by atoms with Gasteiger partial charge < -0.3 is 15.2 Å². The van der Waals surface area contributed by atoms with Gasteiger partial charge in [0.1, 0.15) is 12.4 Å². The van der Waals surface area contributed by atoms with Gasteiger partial charge in [0, 0.05) is 18.6 Å². The van der Waals surface area contributed by atoms with Gasteiger partial charge in [0.05, 0.1) is 6.54 Å². The smallest absolute Gasteiger partial charge is 0.235 e. The van der Waals surface area contributed by atoms with Gasteiger partial charge in [-0.15, -0.1) is 0 Å². The SMILES string of the molecule is Oc1ccccc1OCCNc1ccnc2nccn12. The lowest BCUT2D eigenvalue weighted by Crippen LogP contribution is -2.13. The highest BCUT2D eigenvalue weighted by Crippen LogP contribution is 2.24. The minimum absolute atomic E-state index is 0.147. The van der Waals surface area contributed by atoms with Crippen LogP contribution in [0.25, 0.3) is 5.78 Å². The van der Waals surface area contributed by atoms with Crippen molar-refractivity contribution in [1.82, 2.24) is 14.4 Å². The molecule has 0 aliphatic heterocycles. The molecule has 0 bridgehead atoms. The Morgan fingerprint density at radius 3 is 2.90 bits per heavy atom. The number of fused-ring (bicyclic) bond motifs is 1. The number of hydrogen-bond donors (Lipinski definition) is 2. The minimum atomic E-state index is 0.147. The molecule has 102 valence electrons. The number of ether oxygens (including phenoxy) is 1. The number of nitrogens with zero attached hydrogens (tertiary/aromatic N) is 3. The number of imidazole rings is 1. The average molecular weight is 270 g/mol. The molecule has 2 aromatic heterocycles. The molecule has 0 fully saturated rings. The Bertz CT molecular complexity index is 711. The van der Waals surface area contributed by atoms with Gasteiger partial charge in [0.2, 0.25) is 5.78 Å². The van der Waals surface area contributed by atoms with Gasteiger partial charge in [-0.3, -0.25) is 4.40 Å². The van der Waals surface area contributed by atoms with E-state index >= 15 is 0 Å². The van der Waals surface area contributed by atoms with Crippen molar-refractivity contribution in [3.05, 3.63) is 48.9 Å². The van der Waals surface area contributed by atoms with Crippen molar-refractivity contribution in [3.8, 4) is 11.5 Å². The first-order chi connectivity index (χ1) is 9.84. The van der Waals surface area contributed by atoms with Crippen LogP contribution in [0.1, 0.15) is 0 Å². The fourth-order valence-electron chi connectivity index (χ4n) is 1.90. The number of phenolic OH excluding ortho intramolecular Hbond substituents is 1. The minimum Gasteiger partial charge on any atom is -0.504 e. The first-order valence-electron chi connectivity index (χ1n) is 6.27. The maximum atomic E-state index is 9.57. The molecule has 0 radical (unpaired) electrons. The summed E-state index contributed by atoms with van der Waals surface area (Å²) in [6.07, 6.45) is 5.25. The van der Waals surface area contributed by atoms with Gasteiger partial charge in [-0.25, -0.2) is 9.97 Å². The van der Waals surface area contributed by atoms with Gasteiger partial charge >= 0.3 is 0 Å². The average Bonchev–Trinajstić information content (AvgIpc) is 2.94. The van der Waals surface area contributed by atoms with E-state index in [1.807, 2.05) is 22.7 Å². The Hall–Kier alpha value is -2.76. The maximum absolute atomic E-state index is 9.57. The Morgan fingerprint density at radius 1 is 1.15 bits per heavy atom. The second-order valence-electron chi connectivity index (χ2n) is 4.17. The Labute approximate surface area is 115 Å². The van der Waals surface area contributed by atoms with Crippen LogP contribution in [-0.2, 0) is 0 Å². The first-order valence-corrected chi connectivity index (χ1v) is 6.27. The van der Waals surface area contributed by atoms with E-state index in [1.165, 1.54) is 0 Å². The zero-order valence-corrected chi connectivity index (χ0v) is 10.7. The van der Waals surface area contributed by atoms with Gasteiger partial charge in [0.15, 0.2) is 11.5 Å². The number of rotatable bonds is 5. The molecule has 1 aromatic carbocycles. The number of benzene rings is 1. The fourth-order valence-corrected chi connectivity index (χ4v) is 1.90. The molecule has 3 rings (SSSR count). The van der Waals surface area contributed by atoms with Crippen LogP contribution in [0.3, 0.4) is 0 Å². The van der Waals surface area contributed by atoms with Crippen LogP contribution in [0.15, 0.2) is 48.9 Å². The van der Waals surface area contributed by atoms with Gasteiger partial charge in [-0.2, -0.15) is 0 Å². The van der Waals surface area contributed by atoms with E-state index in [0.717, 1.165) is 5.82 Å². The molecule has 0 aliphatic rings. The highest BCUT2D eigenvalue weighted by molar-refractivity contribution is 5.44. The topological polar surface area (TPSA) is 71.7 Å². The van der Waals surface area contributed by atoms with E-state index in [9.17, 15) is 5.11 Å². The summed E-state index contributed by atoms with van der Waals surface area (Å²) in [6, 6.07) is 8.78. The van der Waals surface area contributed by atoms with E-state index in [-0.39, 0.29) is 5.75 Å². The van der Waals surface area contributed by atoms with Gasteiger partial charge in [0.25, 0.3) is 0 Å². The second-order valence-corrected chi connectivity index (χ2v) is 4.17. The molecule has 0 saturated heterocycles. The molecule has 0 atom stereocenters. The standard InChI is InChI=1S/C14H14N4O2/c19-11-3-1-2-4-12(11)20-10-8-15-13-5-6-16-14-17-7-9-18(13)14/h1-7,9,15,19H,8,10H2. The molecular weight excluding hydrogens is 256 g/mol. The Balaban J connectivity index is 1.58. The summed E-state index contributed by atoms with van der Waals surface area (Å²) in [5.74, 6) is 2.18. The van der Waals surface area contributed by atoms with E-state index < -0.39 is 0 Å². The molecule has 0 unspecified atom stereocenters. The van der Waals surface area contributed by atoms with Crippen molar-refractivity contribution in [2.75, 3.05) is 18.5 Å². The van der Waals surface area contributed by atoms with Crippen molar-refractivity contribution in [3.63, 3.8) is 0 Å². The summed E-state index contributed by atoms with van der Waals surface area (Å²) in [6.45, 7) is 1.04. The predicted octanol–water partition coefficient (Wildman–Crippen LogP) is 1.93. The molecule has 0 amide bonds. The van der Waals surface area contributed by atoms with Crippen molar-refractivity contribution in [2.45, 2.75) is 0 Å². The summed E-state index contributed by atoms with van der Waals surface area (Å²) < 4.78 is 7.36. The third-order valence-electron chi connectivity index (χ3n) is 2.83. The Morgan fingerprint density at radius 2 is 2.00 bits per heavy atom. The van der Waals surface area contributed by atoms with Gasteiger partial charge in [-0.1, -0.05) is 12.1 Å². The fraction of sp³-hybridized carbons (Fsp3) is 0.143. The van der Waals surface area contributed by atoms with E-state index in [4.69, 9.17) is 4.74 Å². The summed E-state index contributed by atoms with van der Waals surface area (Å²) in [7, 11) is 0. The largest absolute Gasteiger partial charge is 0.504 e. The normalized spacial score (nSPS) is 10.6. The molecule has 0 spiro atoms. The lowest BCUT2D eigenvalue weighted by Gasteiger charge is -2.10. The molecule has 2 heterocycles. The molecular formula is C14H14N4O2. The van der Waals surface area contributed by atoms with Crippen molar-refractivity contribution < 1.29 is 9.84 Å². The third-order valence-corrected chi connectivity index (χ3v) is 2.83. The number of phenols is 1. The maximum Gasteiger partial charge on any atom is 0.235 e. The van der Waals surface area contributed by atoms with Crippen molar-refractivity contribution in [2.24, 2.45) is 0 Å². The lowest BCUT2D eigenvalue weighted by molar-refractivity contribution is 0.312. The molecule has 0 aliphatic carbocycles. The van der Waals surface area contributed by atoms with Crippen molar-refractivity contribution in [1.29, 1.82) is 0 Å². The summed E-state index contributed by atoms with van der Waals surface area (Å²) in [5, 5.41) is 12.8. The molecule has 2 N–H and O–H groups in total. The van der Waals surface area contributed by atoms with E-state index in [2.05, 4.69) is 15.3 Å². The zero-order valence-electron chi connectivity index (χ0n) is 10.7.